The number of benzene rings is 2. The molecule has 0 unspecified atom stereocenters. The van der Waals surface area contributed by atoms with Crippen molar-refractivity contribution in [3.05, 3.63) is 75.7 Å². The van der Waals surface area contributed by atoms with Crippen LogP contribution in [0.4, 0.5) is 17.3 Å². The van der Waals surface area contributed by atoms with E-state index in [9.17, 15) is 10.1 Å². The van der Waals surface area contributed by atoms with Crippen molar-refractivity contribution < 1.29 is 0 Å². The molecule has 0 spiro atoms. The summed E-state index contributed by atoms with van der Waals surface area (Å²) in [7, 11) is 4.36. The van der Waals surface area contributed by atoms with Gasteiger partial charge in [0.1, 0.15) is 5.65 Å². The number of pyridine rings is 1. The lowest BCUT2D eigenvalue weighted by Gasteiger charge is -2.57. The minimum absolute atomic E-state index is 0.0254. The predicted octanol–water partition coefficient (Wildman–Crippen LogP) is 7.15. The predicted molar refractivity (Wildman–Crippen MR) is 188 cm³/mol. The fourth-order valence-corrected chi connectivity index (χ4v) is 10.1. The Kier molecular flexibility index (Phi) is 7.36. The fourth-order valence-electron chi connectivity index (χ4n) is 10.1. The van der Waals surface area contributed by atoms with Gasteiger partial charge in [-0.3, -0.25) is 9.36 Å². The molecular formula is C39H45N7O. The monoisotopic (exact) mass is 627 g/mol. The second kappa shape index (κ2) is 11.5. The molecule has 242 valence electrons. The highest BCUT2D eigenvalue weighted by atomic mass is 16.1. The first kappa shape index (κ1) is 30.1. The molecule has 8 heteroatoms. The topological polar surface area (TPSA) is 90.1 Å². The van der Waals surface area contributed by atoms with Gasteiger partial charge < -0.3 is 15.1 Å². The van der Waals surface area contributed by atoms with E-state index in [4.69, 9.17) is 9.97 Å². The highest BCUT2D eigenvalue weighted by molar-refractivity contribution is 5.88. The molecule has 4 bridgehead atoms. The van der Waals surface area contributed by atoms with Gasteiger partial charge in [-0.25, -0.2) is 4.98 Å². The fraction of sp³-hybridized carbons (Fsp3) is 0.487. The van der Waals surface area contributed by atoms with Crippen molar-refractivity contribution in [2.24, 2.45) is 17.8 Å². The zero-order valence-electron chi connectivity index (χ0n) is 28.1. The third-order valence-electron chi connectivity index (χ3n) is 12.0. The summed E-state index contributed by atoms with van der Waals surface area (Å²) in [5.74, 6) is 2.48. The van der Waals surface area contributed by atoms with Gasteiger partial charge in [-0.15, -0.1) is 0 Å². The van der Waals surface area contributed by atoms with Gasteiger partial charge in [0.05, 0.1) is 22.7 Å². The van der Waals surface area contributed by atoms with E-state index in [0.29, 0.717) is 52.1 Å². The lowest BCUT2D eigenvalue weighted by atomic mass is 9.53. The van der Waals surface area contributed by atoms with Crippen LogP contribution in [0, 0.1) is 42.9 Å². The molecule has 4 saturated carbocycles. The maximum Gasteiger partial charge on any atom is 0.260 e. The molecule has 5 aliphatic rings. The van der Waals surface area contributed by atoms with E-state index in [0.717, 1.165) is 49.0 Å². The molecule has 2 aromatic heterocycles. The van der Waals surface area contributed by atoms with Crippen molar-refractivity contribution in [1.82, 2.24) is 19.4 Å². The van der Waals surface area contributed by atoms with Crippen molar-refractivity contribution in [3.63, 3.8) is 0 Å². The molecule has 4 aromatic rings. The molecule has 1 N–H and O–H groups in total. The zero-order chi connectivity index (χ0) is 32.4. The van der Waals surface area contributed by atoms with Gasteiger partial charge >= 0.3 is 0 Å². The molecule has 0 radical (unpaired) electrons. The molecule has 47 heavy (non-hydrogen) atoms. The van der Waals surface area contributed by atoms with Crippen LogP contribution in [-0.2, 0) is 5.54 Å². The molecule has 0 amide bonds. The smallest absolute Gasteiger partial charge is 0.260 e. The summed E-state index contributed by atoms with van der Waals surface area (Å²) in [6.45, 7) is 6.28. The Morgan fingerprint density at radius 2 is 1.66 bits per heavy atom. The summed E-state index contributed by atoms with van der Waals surface area (Å²) in [5.41, 5.74) is 6.53. The van der Waals surface area contributed by atoms with E-state index >= 15 is 0 Å². The number of nitriles is 1. The summed E-state index contributed by atoms with van der Waals surface area (Å²) >= 11 is 0. The van der Waals surface area contributed by atoms with E-state index in [-0.39, 0.29) is 11.1 Å². The summed E-state index contributed by atoms with van der Waals surface area (Å²) in [6, 6.07) is 17.0. The Labute approximate surface area is 277 Å². The minimum Gasteiger partial charge on any atom is -0.371 e. The Hall–Kier alpha value is -4.22. The van der Waals surface area contributed by atoms with E-state index in [2.05, 4.69) is 65.0 Å². The Morgan fingerprint density at radius 3 is 2.30 bits per heavy atom. The average molecular weight is 628 g/mol. The summed E-state index contributed by atoms with van der Waals surface area (Å²) in [6.07, 6.45) is 11.1. The van der Waals surface area contributed by atoms with E-state index in [1.165, 1.54) is 43.4 Å². The number of hydrogen-bond donors (Lipinski definition) is 1. The number of nitrogens with zero attached hydrogens (tertiary/aromatic N) is 6. The second-order valence-electron chi connectivity index (χ2n) is 15.2. The number of nitrogens with one attached hydrogen (secondary N) is 1. The van der Waals surface area contributed by atoms with Crippen molar-refractivity contribution in [3.8, 4) is 17.2 Å². The van der Waals surface area contributed by atoms with E-state index < -0.39 is 0 Å². The maximum atomic E-state index is 14.9. The van der Waals surface area contributed by atoms with Gasteiger partial charge in [0, 0.05) is 47.7 Å². The summed E-state index contributed by atoms with van der Waals surface area (Å²) in [4.78, 5) is 29.7. The summed E-state index contributed by atoms with van der Waals surface area (Å²) in [5, 5.41) is 14.4. The van der Waals surface area contributed by atoms with Crippen LogP contribution in [-0.4, -0.2) is 52.7 Å². The van der Waals surface area contributed by atoms with Crippen molar-refractivity contribution in [1.29, 1.82) is 5.26 Å². The van der Waals surface area contributed by atoms with Crippen LogP contribution in [0.1, 0.15) is 68.1 Å². The van der Waals surface area contributed by atoms with Crippen LogP contribution in [0.5, 0.6) is 0 Å². The quantitative estimate of drug-likeness (QED) is 0.243. The van der Waals surface area contributed by atoms with Crippen LogP contribution < -0.4 is 15.8 Å². The Morgan fingerprint density at radius 1 is 0.979 bits per heavy atom. The molecule has 5 fully saturated rings. The largest absolute Gasteiger partial charge is 0.371 e. The van der Waals surface area contributed by atoms with Gasteiger partial charge in [0.2, 0.25) is 5.95 Å². The minimum atomic E-state index is -0.252. The number of fused-ring (bicyclic) bond motifs is 1. The number of anilines is 3. The first-order valence-corrected chi connectivity index (χ1v) is 17.4. The third-order valence-corrected chi connectivity index (χ3v) is 12.0. The Bertz CT molecular complexity index is 1930. The van der Waals surface area contributed by atoms with E-state index in [1.54, 1.807) is 6.07 Å². The third kappa shape index (κ3) is 5.11. The zero-order valence-corrected chi connectivity index (χ0v) is 28.1. The van der Waals surface area contributed by atoms with Gasteiger partial charge in [-0.2, -0.15) is 10.2 Å². The first-order chi connectivity index (χ1) is 22.7. The molecule has 9 rings (SSSR count). The van der Waals surface area contributed by atoms with E-state index in [1.807, 2.05) is 31.3 Å². The lowest BCUT2D eigenvalue weighted by molar-refractivity contribution is -0.0426. The molecule has 2 aromatic carbocycles. The highest BCUT2D eigenvalue weighted by Crippen LogP contribution is 2.59. The second-order valence-corrected chi connectivity index (χ2v) is 15.2. The number of rotatable bonds is 6. The van der Waals surface area contributed by atoms with Crippen LogP contribution in [0.2, 0.25) is 0 Å². The lowest BCUT2D eigenvalue weighted by Crippen LogP contribution is -2.55. The number of aryl methyl sites for hydroxylation is 2. The molecule has 0 atom stereocenters. The van der Waals surface area contributed by atoms with Gasteiger partial charge in [0.25, 0.3) is 5.56 Å². The van der Waals surface area contributed by atoms with Crippen LogP contribution >= 0.6 is 0 Å². The molecule has 1 saturated heterocycles. The number of piperidine rings is 1. The normalized spacial score (nSPS) is 25.4. The van der Waals surface area contributed by atoms with Gasteiger partial charge in [-0.05, 0) is 132 Å². The Balaban J connectivity index is 1.20. The molecule has 3 heterocycles. The molecular weight excluding hydrogens is 582 g/mol. The number of aromatic nitrogens is 3. The van der Waals surface area contributed by atoms with Crippen LogP contribution in [0.3, 0.4) is 0 Å². The number of hydrogen-bond acceptors (Lipinski definition) is 7. The SMILES string of the molecule is Cc1cc(Nc2ncc3c(C)c(-c4ccccc4C#N)c(=O)n(C45CC6CC(CC(C6)C4)C5)c3n2)ccc1N1CCC(N(C)C)CC1. The average Bonchev–Trinajstić information content (AvgIpc) is 3.04. The maximum absolute atomic E-state index is 14.9. The van der Waals surface area contributed by atoms with Crippen molar-refractivity contribution in [2.75, 3.05) is 37.4 Å². The van der Waals surface area contributed by atoms with Gasteiger partial charge in [-0.1, -0.05) is 18.2 Å². The van der Waals surface area contributed by atoms with Gasteiger partial charge in [0.15, 0.2) is 0 Å². The molecule has 1 aliphatic heterocycles. The summed E-state index contributed by atoms with van der Waals surface area (Å²) < 4.78 is 2.07. The van der Waals surface area contributed by atoms with Crippen LogP contribution in [0.25, 0.3) is 22.2 Å². The van der Waals surface area contributed by atoms with Crippen molar-refractivity contribution in [2.45, 2.75) is 76.8 Å². The van der Waals surface area contributed by atoms with Crippen LogP contribution in [0.15, 0.2) is 53.5 Å². The molecule has 4 aliphatic carbocycles. The first-order valence-electron chi connectivity index (χ1n) is 17.4. The van der Waals surface area contributed by atoms with Crippen molar-refractivity contribution >= 4 is 28.4 Å². The molecule has 8 nitrogen and oxygen atoms in total. The standard InChI is InChI=1S/C39H45N7O/c1-24-15-30(9-10-34(24)45-13-11-31(12-14-45)44(3)4)42-38-41-23-33-25(2)35(32-8-6-5-7-29(32)22-40)37(47)46(36(33)43-38)39-19-26-16-27(20-39)18-28(17-26)21-39/h5-10,15,23,26-28,31H,11-14,16-21H2,1-4H3,(H,41,42,43). The highest BCUT2D eigenvalue weighted by Gasteiger charge is 2.53.